The van der Waals surface area contributed by atoms with E-state index in [0.29, 0.717) is 0 Å². The molecule has 0 amide bonds. The van der Waals surface area contributed by atoms with Gasteiger partial charge in [0.25, 0.3) is 0 Å². The summed E-state index contributed by atoms with van der Waals surface area (Å²) in [6.45, 7) is 3.90. The monoisotopic (exact) mass is 311 g/mol. The average Bonchev–Trinajstić information content (AvgIpc) is 2.79. The van der Waals surface area contributed by atoms with Crippen LogP contribution in [0.15, 0.2) is 42.7 Å². The molecule has 0 radical (unpaired) electrons. The summed E-state index contributed by atoms with van der Waals surface area (Å²) in [5.74, 6) is 0. The Morgan fingerprint density at radius 3 is 2.44 bits per heavy atom. The molecule has 0 saturated heterocycles. The number of hydrogen-bond donors (Lipinski definition) is 1. The summed E-state index contributed by atoms with van der Waals surface area (Å²) in [6.07, 6.45) is 6.65. The molecular weight excluding hydrogens is 290 g/mol. The molecule has 1 aliphatic rings. The van der Waals surface area contributed by atoms with Crippen molar-refractivity contribution in [2.75, 3.05) is 19.8 Å². The summed E-state index contributed by atoms with van der Waals surface area (Å²) in [5.41, 5.74) is 6.86. The fourth-order valence-corrected chi connectivity index (χ4v) is 2.04. The highest BCUT2D eigenvalue weighted by atomic mass is 79.9. The smallest absolute Gasteiger partial charge is 0.0897 e. The van der Waals surface area contributed by atoms with Crippen LogP contribution in [0.2, 0.25) is 0 Å². The minimum atomic E-state index is 0. The number of nitrogens with zero attached hydrogens (tertiary/aromatic N) is 2. The van der Waals surface area contributed by atoms with Crippen LogP contribution in [0.25, 0.3) is 0 Å². The predicted octanol–water partition coefficient (Wildman–Crippen LogP) is 2.55. The Hall–Kier alpha value is -1.00. The molecule has 1 aliphatic heterocycles. The van der Waals surface area contributed by atoms with E-state index in [0.717, 1.165) is 32.7 Å². The molecule has 0 atom stereocenters. The van der Waals surface area contributed by atoms with Crippen LogP contribution in [0.1, 0.15) is 18.4 Å². The highest BCUT2D eigenvalue weighted by Crippen LogP contribution is 2.12. The van der Waals surface area contributed by atoms with Crippen LogP contribution in [0.4, 0.5) is 0 Å². The molecule has 0 bridgehead atoms. The SMILES string of the molecule is Br.NCCCCN1C=CN(Cc2ccccc2)C1. The third-order valence-electron chi connectivity index (χ3n) is 2.98. The molecule has 1 aromatic rings. The summed E-state index contributed by atoms with van der Waals surface area (Å²) in [5, 5.41) is 0. The van der Waals surface area contributed by atoms with Gasteiger partial charge in [-0.05, 0) is 24.9 Å². The molecule has 0 saturated carbocycles. The first-order valence-corrected chi connectivity index (χ1v) is 6.29. The lowest BCUT2D eigenvalue weighted by Crippen LogP contribution is -2.26. The van der Waals surface area contributed by atoms with Crippen LogP contribution in [0.3, 0.4) is 0 Å². The summed E-state index contributed by atoms with van der Waals surface area (Å²) in [4.78, 5) is 4.68. The summed E-state index contributed by atoms with van der Waals surface area (Å²) < 4.78 is 0. The van der Waals surface area contributed by atoms with Crippen LogP contribution >= 0.6 is 17.0 Å². The number of nitrogens with two attached hydrogens (primary N) is 1. The first-order chi connectivity index (χ1) is 8.38. The van der Waals surface area contributed by atoms with Crippen molar-refractivity contribution in [3.05, 3.63) is 48.3 Å². The summed E-state index contributed by atoms with van der Waals surface area (Å²) in [7, 11) is 0. The van der Waals surface area contributed by atoms with E-state index >= 15 is 0 Å². The Kier molecular flexibility index (Phi) is 6.83. The van der Waals surface area contributed by atoms with Crippen molar-refractivity contribution in [3.63, 3.8) is 0 Å². The molecule has 0 fully saturated rings. The maximum Gasteiger partial charge on any atom is 0.0897 e. The molecule has 1 heterocycles. The lowest BCUT2D eigenvalue weighted by atomic mass is 10.2. The fourth-order valence-electron chi connectivity index (χ4n) is 2.04. The second-order valence-electron chi connectivity index (χ2n) is 4.48. The van der Waals surface area contributed by atoms with Gasteiger partial charge in [-0.25, -0.2) is 0 Å². The Labute approximate surface area is 120 Å². The molecule has 0 unspecified atom stereocenters. The summed E-state index contributed by atoms with van der Waals surface area (Å²) in [6, 6.07) is 10.6. The van der Waals surface area contributed by atoms with Gasteiger partial charge in [-0.15, -0.1) is 17.0 Å². The lowest BCUT2D eigenvalue weighted by molar-refractivity contribution is 0.257. The molecule has 1 aromatic carbocycles. The van der Waals surface area contributed by atoms with Crippen LogP contribution in [-0.4, -0.2) is 29.6 Å². The van der Waals surface area contributed by atoms with Crippen molar-refractivity contribution in [2.45, 2.75) is 19.4 Å². The highest BCUT2D eigenvalue weighted by Gasteiger charge is 2.11. The van der Waals surface area contributed by atoms with Crippen molar-refractivity contribution < 1.29 is 0 Å². The standard InChI is InChI=1S/C14H21N3.BrH/c15-8-4-5-9-16-10-11-17(13-16)12-14-6-2-1-3-7-14;/h1-3,6-7,10-11H,4-5,8-9,12-13,15H2;1H. The van der Waals surface area contributed by atoms with Gasteiger partial charge in [0.1, 0.15) is 0 Å². The van der Waals surface area contributed by atoms with Crippen molar-refractivity contribution in [2.24, 2.45) is 5.73 Å². The van der Waals surface area contributed by atoms with Gasteiger partial charge in [0.05, 0.1) is 6.67 Å². The summed E-state index contributed by atoms with van der Waals surface area (Å²) >= 11 is 0. The van der Waals surface area contributed by atoms with E-state index in [1.165, 1.54) is 12.0 Å². The normalized spacial score (nSPS) is 13.8. The third-order valence-corrected chi connectivity index (χ3v) is 2.98. The number of benzene rings is 1. The van der Waals surface area contributed by atoms with Crippen molar-refractivity contribution in [3.8, 4) is 0 Å². The second kappa shape index (κ2) is 8.16. The van der Waals surface area contributed by atoms with E-state index in [1.807, 2.05) is 0 Å². The Balaban J connectivity index is 0.00000162. The quantitative estimate of drug-likeness (QED) is 0.820. The Morgan fingerprint density at radius 1 is 1.00 bits per heavy atom. The van der Waals surface area contributed by atoms with Gasteiger partial charge in [0.15, 0.2) is 0 Å². The van der Waals surface area contributed by atoms with Gasteiger partial charge < -0.3 is 15.5 Å². The molecule has 100 valence electrons. The molecule has 4 heteroatoms. The molecule has 3 nitrogen and oxygen atoms in total. The van der Waals surface area contributed by atoms with E-state index in [1.54, 1.807) is 0 Å². The zero-order chi connectivity index (χ0) is 11.9. The van der Waals surface area contributed by atoms with Crippen molar-refractivity contribution in [1.29, 1.82) is 0 Å². The van der Waals surface area contributed by atoms with Crippen LogP contribution in [0, 0.1) is 0 Å². The zero-order valence-corrected chi connectivity index (χ0v) is 12.4. The van der Waals surface area contributed by atoms with Gasteiger partial charge in [-0.3, -0.25) is 0 Å². The zero-order valence-electron chi connectivity index (χ0n) is 10.7. The van der Waals surface area contributed by atoms with E-state index < -0.39 is 0 Å². The maximum atomic E-state index is 5.50. The molecule has 0 aliphatic carbocycles. The first kappa shape index (κ1) is 15.1. The van der Waals surface area contributed by atoms with Crippen molar-refractivity contribution >= 4 is 17.0 Å². The molecule has 0 aromatic heterocycles. The number of rotatable bonds is 6. The van der Waals surface area contributed by atoms with Gasteiger partial charge in [-0.2, -0.15) is 0 Å². The number of unbranched alkanes of at least 4 members (excludes halogenated alkanes) is 1. The number of hydrogen-bond acceptors (Lipinski definition) is 3. The fraction of sp³-hybridized carbons (Fsp3) is 0.429. The minimum absolute atomic E-state index is 0. The van der Waals surface area contributed by atoms with Crippen LogP contribution in [0.5, 0.6) is 0 Å². The van der Waals surface area contributed by atoms with E-state index in [-0.39, 0.29) is 17.0 Å². The molecule has 18 heavy (non-hydrogen) atoms. The molecule has 2 rings (SSSR count). The van der Waals surface area contributed by atoms with E-state index in [2.05, 4.69) is 52.5 Å². The van der Waals surface area contributed by atoms with Gasteiger partial charge in [0.2, 0.25) is 0 Å². The Morgan fingerprint density at radius 2 is 1.72 bits per heavy atom. The Bertz CT molecular complexity index is 353. The average molecular weight is 312 g/mol. The van der Waals surface area contributed by atoms with Crippen molar-refractivity contribution in [1.82, 2.24) is 9.80 Å². The van der Waals surface area contributed by atoms with E-state index in [9.17, 15) is 0 Å². The van der Waals surface area contributed by atoms with Gasteiger partial charge in [0, 0.05) is 25.5 Å². The van der Waals surface area contributed by atoms with Crippen LogP contribution < -0.4 is 5.73 Å². The number of halogens is 1. The maximum absolute atomic E-state index is 5.50. The van der Waals surface area contributed by atoms with E-state index in [4.69, 9.17) is 5.73 Å². The van der Waals surface area contributed by atoms with Gasteiger partial charge >= 0.3 is 0 Å². The molecule has 0 spiro atoms. The first-order valence-electron chi connectivity index (χ1n) is 6.29. The minimum Gasteiger partial charge on any atom is -0.359 e. The highest BCUT2D eigenvalue weighted by molar-refractivity contribution is 8.93. The second-order valence-corrected chi connectivity index (χ2v) is 4.48. The van der Waals surface area contributed by atoms with Gasteiger partial charge in [-0.1, -0.05) is 30.3 Å². The largest absolute Gasteiger partial charge is 0.359 e. The third kappa shape index (κ3) is 4.70. The van der Waals surface area contributed by atoms with Crippen LogP contribution in [-0.2, 0) is 6.54 Å². The topological polar surface area (TPSA) is 32.5 Å². The lowest BCUT2D eigenvalue weighted by Gasteiger charge is -2.21. The molecular formula is C14H22BrN3. The molecule has 2 N–H and O–H groups in total. The predicted molar refractivity (Wildman–Crippen MR) is 81.3 cm³/mol.